The quantitative estimate of drug-likeness (QED) is 0.136. The van der Waals surface area contributed by atoms with Gasteiger partial charge in [0, 0.05) is 79.0 Å². The lowest BCUT2D eigenvalue weighted by Gasteiger charge is -2.36. The van der Waals surface area contributed by atoms with Gasteiger partial charge in [0.2, 0.25) is 0 Å². The fourth-order valence-corrected chi connectivity index (χ4v) is 8.91. The van der Waals surface area contributed by atoms with Crippen LogP contribution in [0, 0.1) is 13.8 Å². The van der Waals surface area contributed by atoms with Gasteiger partial charge in [0.15, 0.2) is 0 Å². The van der Waals surface area contributed by atoms with Crippen molar-refractivity contribution in [3.05, 3.63) is 155 Å². The number of aromatic nitrogens is 4. The maximum Gasteiger partial charge on any atom is 0.276 e. The molecule has 14 heteroatoms. The van der Waals surface area contributed by atoms with Crippen LogP contribution in [0.2, 0.25) is 0 Å². The number of likely N-dealkylation sites (tertiary alicyclic amines) is 3. The fraction of sp³-hybridized carbons (Fsp3) is 0.321. The summed E-state index contributed by atoms with van der Waals surface area (Å²) in [7, 11) is 4.09. The zero-order valence-corrected chi connectivity index (χ0v) is 38.7. The predicted octanol–water partition coefficient (Wildman–Crippen LogP) is 9.12. The van der Waals surface area contributed by atoms with E-state index >= 15 is 0 Å². The molecule has 0 saturated carbocycles. The lowest BCUT2D eigenvalue weighted by atomic mass is 10.0. The number of para-hydroxylation sites is 2. The van der Waals surface area contributed by atoms with Crippen LogP contribution < -0.4 is 10.6 Å². The molecule has 2 aromatic heterocycles. The summed E-state index contributed by atoms with van der Waals surface area (Å²) in [5, 5.41) is 5.72. The number of hydrogen-bond donors (Lipinski definition) is 2. The Balaban J connectivity index is 0.000000357. The van der Waals surface area contributed by atoms with E-state index in [9.17, 15) is 19.2 Å². The lowest BCUT2D eigenvalue weighted by molar-refractivity contribution is 0.0644. The van der Waals surface area contributed by atoms with Gasteiger partial charge < -0.3 is 30.2 Å². The molecule has 0 radical (unpaired) electrons. The van der Waals surface area contributed by atoms with Crippen molar-refractivity contribution in [2.75, 3.05) is 64.0 Å². The van der Waals surface area contributed by atoms with Crippen molar-refractivity contribution < 1.29 is 26.3 Å². The number of aryl methyl sites for hydroxylation is 2. The van der Waals surface area contributed by atoms with Gasteiger partial charge in [-0.15, -0.1) is 0 Å². The topological polar surface area (TPSA) is 157 Å². The minimum absolute atomic E-state index is 0. The number of amides is 4. The van der Waals surface area contributed by atoms with Crippen molar-refractivity contribution in [1.29, 1.82) is 0 Å². The average molecular weight is 909 g/mol. The molecular weight excluding hydrogens is 841 g/mol. The molecule has 9 rings (SSSR count). The molecule has 3 saturated heterocycles. The molecule has 0 unspecified atom stereocenters. The molecule has 3 aliphatic rings. The summed E-state index contributed by atoms with van der Waals surface area (Å²) in [5.41, 5.74) is 6.90. The smallest absolute Gasteiger partial charge is 0.276 e. The molecule has 354 valence electrons. The molecule has 0 spiro atoms. The summed E-state index contributed by atoms with van der Waals surface area (Å²) in [4.78, 5) is 78.5. The molecule has 4 amide bonds. The van der Waals surface area contributed by atoms with Gasteiger partial charge >= 0.3 is 0 Å². The summed E-state index contributed by atoms with van der Waals surface area (Å²) >= 11 is 0. The standard InChI is InChI=1S/C28H31N5O2.C25H27N5O2.5H2/c1-20-26(27(34)30-23-10-3-2-4-11-23)31-25(19-29-20)21-8-7-9-22(18-21)28(35)33-16-12-24(13-17-33)32-14-5-6-15-32;1-17-23(24(31)27-20-10-5-4-6-11-20)28-22(15-26-17)18-8-7-9-19(14-18)25(32)30-13-12-21(16-30)29(2)3;;;;;/h2-4,7-11,18-19,24H,5-6,12-17H2,1H3,(H,30,34);4-11,14-15,21H,12-13,16H2,1-3H3,(H,27,31);5*1H/t;21-;;;;;/m.1...../s1. The first-order valence-corrected chi connectivity index (χ1v) is 23.1. The Labute approximate surface area is 399 Å². The number of piperidine rings is 1. The van der Waals surface area contributed by atoms with Crippen LogP contribution in [0.25, 0.3) is 22.5 Å². The first kappa shape index (κ1) is 46.4. The van der Waals surface area contributed by atoms with E-state index < -0.39 is 0 Å². The Bertz CT molecular complexity index is 2730. The van der Waals surface area contributed by atoms with E-state index in [1.165, 1.54) is 25.9 Å². The molecule has 1 atom stereocenters. The van der Waals surface area contributed by atoms with Gasteiger partial charge in [-0.25, -0.2) is 9.97 Å². The second-order valence-electron chi connectivity index (χ2n) is 17.6. The van der Waals surface area contributed by atoms with Crippen molar-refractivity contribution >= 4 is 35.0 Å². The monoisotopic (exact) mass is 909 g/mol. The van der Waals surface area contributed by atoms with Crippen molar-refractivity contribution in [3.63, 3.8) is 0 Å². The van der Waals surface area contributed by atoms with Gasteiger partial charge in [-0.3, -0.25) is 29.1 Å². The van der Waals surface area contributed by atoms with E-state index in [-0.39, 0.29) is 42.1 Å². The van der Waals surface area contributed by atoms with Crippen LogP contribution in [0.1, 0.15) is 92.3 Å². The first-order valence-electron chi connectivity index (χ1n) is 23.1. The largest absolute Gasteiger partial charge is 0.339 e. The Hall–Kier alpha value is -7.16. The minimum Gasteiger partial charge on any atom is -0.339 e. The number of benzene rings is 4. The van der Waals surface area contributed by atoms with Crippen molar-refractivity contribution in [3.8, 4) is 22.5 Å². The highest BCUT2D eigenvalue weighted by atomic mass is 16.2. The fourth-order valence-electron chi connectivity index (χ4n) is 8.91. The number of anilines is 2. The molecule has 3 fully saturated rings. The SMILES string of the molecule is Cc1ncc(-c2cccc(C(=O)N3CCC(N4CCCC4)CC3)c2)nc1C(=O)Nc1ccccc1.Cc1ncc(-c2cccc(C(=O)N3CC[C@@H](N(C)C)C3)c2)nc1C(=O)Nc1ccccc1.[HH].[HH].[HH].[HH].[HH]. The minimum atomic E-state index is -0.318. The Morgan fingerprint density at radius 3 is 1.51 bits per heavy atom. The molecule has 2 N–H and O–H groups in total. The lowest BCUT2D eigenvalue weighted by Crippen LogP contribution is -2.45. The summed E-state index contributed by atoms with van der Waals surface area (Å²) < 4.78 is 0. The highest BCUT2D eigenvalue weighted by Gasteiger charge is 2.30. The Morgan fingerprint density at radius 2 is 1.04 bits per heavy atom. The number of nitrogens with zero attached hydrogens (tertiary/aromatic N) is 8. The molecule has 14 nitrogen and oxygen atoms in total. The highest BCUT2D eigenvalue weighted by molar-refractivity contribution is 6.04. The number of carbonyl (C=O) groups is 4. The van der Waals surface area contributed by atoms with Gasteiger partial charge in [-0.2, -0.15) is 0 Å². The average Bonchev–Trinajstić information content (AvgIpc) is 4.10. The van der Waals surface area contributed by atoms with E-state index in [0.29, 0.717) is 57.4 Å². The van der Waals surface area contributed by atoms with Crippen LogP contribution in [0.4, 0.5) is 11.4 Å². The van der Waals surface area contributed by atoms with Gasteiger partial charge in [-0.05, 0) is 122 Å². The second kappa shape index (κ2) is 21.4. The summed E-state index contributed by atoms with van der Waals surface area (Å²) in [6.45, 7) is 8.97. The number of hydrogen-bond acceptors (Lipinski definition) is 10. The first-order chi connectivity index (χ1) is 32.5. The molecule has 5 heterocycles. The molecular formula is C53H68N10O4. The molecule has 4 aromatic carbocycles. The number of rotatable bonds is 10. The summed E-state index contributed by atoms with van der Waals surface area (Å²) in [5.74, 6) is -0.564. The maximum absolute atomic E-state index is 13.3. The summed E-state index contributed by atoms with van der Waals surface area (Å²) in [6.07, 6.45) is 8.92. The van der Waals surface area contributed by atoms with Gasteiger partial charge in [0.25, 0.3) is 23.6 Å². The third-order valence-electron chi connectivity index (χ3n) is 12.8. The van der Waals surface area contributed by atoms with E-state index in [1.807, 2.05) is 133 Å². The summed E-state index contributed by atoms with van der Waals surface area (Å²) in [6, 6.07) is 34.3. The van der Waals surface area contributed by atoms with Crippen LogP contribution in [0.5, 0.6) is 0 Å². The maximum atomic E-state index is 13.3. The molecule has 67 heavy (non-hydrogen) atoms. The zero-order valence-electron chi connectivity index (χ0n) is 38.7. The number of carbonyl (C=O) groups excluding carboxylic acids is 4. The van der Waals surface area contributed by atoms with Gasteiger partial charge in [0.05, 0.1) is 35.2 Å². The van der Waals surface area contributed by atoms with E-state index in [0.717, 1.165) is 56.6 Å². The van der Waals surface area contributed by atoms with E-state index in [4.69, 9.17) is 0 Å². The molecule has 0 bridgehead atoms. The van der Waals surface area contributed by atoms with Crippen LogP contribution >= 0.6 is 0 Å². The molecule has 0 aliphatic carbocycles. The second-order valence-corrected chi connectivity index (χ2v) is 17.6. The van der Waals surface area contributed by atoms with Gasteiger partial charge in [-0.1, -0.05) is 60.7 Å². The highest BCUT2D eigenvalue weighted by Crippen LogP contribution is 2.26. The number of likely N-dealkylation sites (N-methyl/N-ethyl adjacent to an activating group) is 1. The van der Waals surface area contributed by atoms with Crippen LogP contribution in [0.15, 0.2) is 122 Å². The third kappa shape index (κ3) is 11.5. The normalized spacial score (nSPS) is 16.3. The van der Waals surface area contributed by atoms with E-state index in [1.54, 1.807) is 26.2 Å². The Morgan fingerprint density at radius 1 is 0.582 bits per heavy atom. The van der Waals surface area contributed by atoms with Crippen molar-refractivity contribution in [1.82, 2.24) is 39.5 Å². The van der Waals surface area contributed by atoms with Crippen LogP contribution in [-0.4, -0.2) is 129 Å². The zero-order chi connectivity index (χ0) is 46.9. The van der Waals surface area contributed by atoms with Crippen LogP contribution in [0.3, 0.4) is 0 Å². The molecule has 6 aromatic rings. The van der Waals surface area contributed by atoms with Gasteiger partial charge in [0.1, 0.15) is 11.4 Å². The van der Waals surface area contributed by atoms with Crippen molar-refractivity contribution in [2.45, 2.75) is 58.0 Å². The van der Waals surface area contributed by atoms with Crippen molar-refractivity contribution in [2.24, 2.45) is 0 Å². The predicted molar refractivity (Wildman–Crippen MR) is 271 cm³/mol. The number of nitrogens with one attached hydrogen (secondary N) is 2. The third-order valence-corrected chi connectivity index (χ3v) is 12.8. The Kier molecular flexibility index (Phi) is 14.8. The van der Waals surface area contributed by atoms with E-state index in [2.05, 4.69) is 40.4 Å². The molecule has 3 aliphatic heterocycles. The van der Waals surface area contributed by atoms with Crippen LogP contribution in [-0.2, 0) is 0 Å².